The van der Waals surface area contributed by atoms with Gasteiger partial charge in [-0.15, -0.1) is 0 Å². The van der Waals surface area contributed by atoms with E-state index in [0.717, 1.165) is 18.4 Å². The van der Waals surface area contributed by atoms with Crippen molar-refractivity contribution in [2.45, 2.75) is 33.6 Å². The minimum Gasteiger partial charge on any atom is -0.267 e. The van der Waals surface area contributed by atoms with E-state index < -0.39 is 10.8 Å². The van der Waals surface area contributed by atoms with Crippen molar-refractivity contribution in [2.24, 2.45) is 5.10 Å². The number of non-ortho nitro benzene ring substituents is 1. The molecular weight excluding hydrogens is 294 g/mol. The summed E-state index contributed by atoms with van der Waals surface area (Å²) in [5.41, 5.74) is 5.10. The zero-order chi connectivity index (χ0) is 17.2. The van der Waals surface area contributed by atoms with E-state index in [2.05, 4.69) is 30.5 Å². The van der Waals surface area contributed by atoms with Gasteiger partial charge in [-0.2, -0.15) is 5.10 Å². The predicted octanol–water partition coefficient (Wildman–Crippen LogP) is 4.00. The molecule has 0 atom stereocenters. The van der Waals surface area contributed by atoms with Gasteiger partial charge in [-0.3, -0.25) is 14.9 Å². The Balaban J connectivity index is 2.48. The molecular formula is C17H21N3O3. The summed E-state index contributed by atoms with van der Waals surface area (Å²) in [4.78, 5) is 21.8. The number of hydrazone groups is 1. The van der Waals surface area contributed by atoms with E-state index in [9.17, 15) is 14.9 Å². The Bertz CT molecular complexity index is 640. The molecule has 0 saturated carbocycles. The van der Waals surface area contributed by atoms with Crippen LogP contribution in [0.4, 0.5) is 5.69 Å². The van der Waals surface area contributed by atoms with Crippen LogP contribution in [0.1, 0.15) is 44.0 Å². The summed E-state index contributed by atoms with van der Waals surface area (Å²) in [7, 11) is 0. The molecule has 0 saturated heterocycles. The monoisotopic (exact) mass is 315 g/mol. The molecule has 0 heterocycles. The van der Waals surface area contributed by atoms with E-state index in [1.165, 1.54) is 36.1 Å². The fourth-order valence-corrected chi connectivity index (χ4v) is 1.73. The summed E-state index contributed by atoms with van der Waals surface area (Å²) < 4.78 is 0. The van der Waals surface area contributed by atoms with E-state index >= 15 is 0 Å². The molecule has 0 aliphatic carbocycles. The molecule has 1 aromatic carbocycles. The third-order valence-corrected chi connectivity index (χ3v) is 3.03. The molecule has 6 nitrogen and oxygen atoms in total. The van der Waals surface area contributed by atoms with E-state index in [4.69, 9.17) is 0 Å². The van der Waals surface area contributed by atoms with Gasteiger partial charge in [0, 0.05) is 23.9 Å². The molecule has 122 valence electrons. The molecule has 0 aliphatic rings. The molecule has 1 rings (SSSR count). The topological polar surface area (TPSA) is 84.6 Å². The predicted molar refractivity (Wildman–Crippen MR) is 91.5 cm³/mol. The highest BCUT2D eigenvalue weighted by atomic mass is 16.6. The molecule has 0 unspecified atom stereocenters. The van der Waals surface area contributed by atoms with Crippen LogP contribution in [-0.2, 0) is 0 Å². The number of nitrogens with one attached hydrogen (secondary N) is 1. The summed E-state index contributed by atoms with van der Waals surface area (Å²) >= 11 is 0. The van der Waals surface area contributed by atoms with E-state index in [-0.39, 0.29) is 5.69 Å². The van der Waals surface area contributed by atoms with Crippen LogP contribution < -0.4 is 5.43 Å². The largest absolute Gasteiger partial charge is 0.271 e. The molecule has 6 heteroatoms. The van der Waals surface area contributed by atoms with Crippen molar-refractivity contribution < 1.29 is 9.72 Å². The minimum atomic E-state index is -0.511. The number of amides is 1. The molecule has 0 radical (unpaired) electrons. The van der Waals surface area contributed by atoms with Crippen LogP contribution in [0.3, 0.4) is 0 Å². The fraction of sp³-hybridized carbons (Fsp3) is 0.294. The van der Waals surface area contributed by atoms with Crippen LogP contribution >= 0.6 is 0 Å². The SMILES string of the molecule is CC(C)=CCC/C(C)=C/C=NNC(=O)c1ccc([N+](=O)[O-])cc1. The summed E-state index contributed by atoms with van der Waals surface area (Å²) in [6.07, 6.45) is 7.46. The first-order valence-electron chi connectivity index (χ1n) is 7.27. The highest BCUT2D eigenvalue weighted by Gasteiger charge is 2.08. The van der Waals surface area contributed by atoms with Crippen LogP contribution in [0.5, 0.6) is 0 Å². The second kappa shape index (κ2) is 9.30. The Morgan fingerprint density at radius 3 is 2.48 bits per heavy atom. The Morgan fingerprint density at radius 1 is 1.26 bits per heavy atom. The number of rotatable bonds is 7. The van der Waals surface area contributed by atoms with Gasteiger partial charge in [0.05, 0.1) is 4.92 Å². The standard InChI is InChI=1S/C17H21N3O3/c1-13(2)5-4-6-14(3)11-12-18-19-17(21)15-7-9-16(10-8-15)20(22)23/h5,7-12H,4,6H2,1-3H3,(H,19,21)/b14-11+,18-12?. The third-order valence-electron chi connectivity index (χ3n) is 3.03. The molecule has 1 N–H and O–H groups in total. The Hall–Kier alpha value is -2.76. The van der Waals surface area contributed by atoms with Gasteiger partial charge in [0.2, 0.25) is 0 Å². The Morgan fingerprint density at radius 2 is 1.91 bits per heavy atom. The average molecular weight is 315 g/mol. The van der Waals surface area contributed by atoms with Crippen LogP contribution in [0, 0.1) is 10.1 Å². The molecule has 1 amide bonds. The van der Waals surface area contributed by atoms with Gasteiger partial charge in [-0.25, -0.2) is 5.43 Å². The minimum absolute atomic E-state index is 0.0556. The van der Waals surface area contributed by atoms with Crippen molar-refractivity contribution >= 4 is 17.8 Å². The van der Waals surface area contributed by atoms with Gasteiger partial charge in [-0.1, -0.05) is 17.2 Å². The number of carbonyl (C=O) groups is 1. The normalized spacial score (nSPS) is 11.3. The number of hydrogen-bond acceptors (Lipinski definition) is 4. The molecule has 0 fully saturated rings. The number of nitro groups is 1. The molecule has 23 heavy (non-hydrogen) atoms. The van der Waals surface area contributed by atoms with Gasteiger partial charge in [0.25, 0.3) is 11.6 Å². The number of benzene rings is 1. The fourth-order valence-electron chi connectivity index (χ4n) is 1.73. The van der Waals surface area contributed by atoms with Gasteiger partial charge in [0.1, 0.15) is 0 Å². The number of nitrogens with zero attached hydrogens (tertiary/aromatic N) is 2. The summed E-state index contributed by atoms with van der Waals surface area (Å²) in [6, 6.07) is 5.35. The van der Waals surface area contributed by atoms with Crippen molar-refractivity contribution in [1.29, 1.82) is 0 Å². The molecule has 1 aromatic rings. The lowest BCUT2D eigenvalue weighted by molar-refractivity contribution is -0.384. The lowest BCUT2D eigenvalue weighted by atomic mass is 10.1. The van der Waals surface area contributed by atoms with E-state index in [1.807, 2.05) is 13.0 Å². The first kappa shape index (κ1) is 18.3. The number of hydrogen-bond donors (Lipinski definition) is 1. The molecule has 0 aliphatic heterocycles. The molecule has 0 aromatic heterocycles. The van der Waals surface area contributed by atoms with Crippen LogP contribution in [0.15, 0.2) is 52.7 Å². The van der Waals surface area contributed by atoms with Crippen molar-refractivity contribution in [3.63, 3.8) is 0 Å². The Labute approximate surface area is 135 Å². The van der Waals surface area contributed by atoms with Crippen LogP contribution in [0.2, 0.25) is 0 Å². The quantitative estimate of drug-likeness (QED) is 0.357. The summed E-state index contributed by atoms with van der Waals surface area (Å²) in [6.45, 7) is 6.13. The second-order valence-electron chi connectivity index (χ2n) is 5.36. The first-order valence-corrected chi connectivity index (χ1v) is 7.27. The Kier molecular flexibility index (Phi) is 7.39. The lowest BCUT2D eigenvalue weighted by Gasteiger charge is -1.99. The van der Waals surface area contributed by atoms with Crippen molar-refractivity contribution in [1.82, 2.24) is 5.43 Å². The first-order chi connectivity index (χ1) is 10.9. The van der Waals surface area contributed by atoms with Crippen molar-refractivity contribution in [3.05, 3.63) is 63.2 Å². The molecule has 0 spiro atoms. The van der Waals surface area contributed by atoms with Crippen molar-refractivity contribution in [3.8, 4) is 0 Å². The third kappa shape index (κ3) is 7.17. The zero-order valence-corrected chi connectivity index (χ0v) is 13.6. The molecule has 0 bridgehead atoms. The van der Waals surface area contributed by atoms with Gasteiger partial charge in [-0.05, 0) is 51.8 Å². The number of nitro benzene ring substituents is 1. The van der Waals surface area contributed by atoms with E-state index in [1.54, 1.807) is 0 Å². The highest BCUT2D eigenvalue weighted by molar-refractivity contribution is 5.94. The van der Waals surface area contributed by atoms with Crippen molar-refractivity contribution in [2.75, 3.05) is 0 Å². The summed E-state index contributed by atoms with van der Waals surface area (Å²) in [5.74, 6) is -0.410. The lowest BCUT2D eigenvalue weighted by Crippen LogP contribution is -2.17. The van der Waals surface area contributed by atoms with Gasteiger partial charge >= 0.3 is 0 Å². The van der Waals surface area contributed by atoms with Gasteiger partial charge in [0.15, 0.2) is 0 Å². The number of allylic oxidation sites excluding steroid dienone is 4. The summed E-state index contributed by atoms with van der Waals surface area (Å²) in [5, 5.41) is 14.4. The maximum Gasteiger partial charge on any atom is 0.271 e. The smallest absolute Gasteiger partial charge is 0.267 e. The van der Waals surface area contributed by atoms with Crippen LogP contribution in [0.25, 0.3) is 0 Å². The van der Waals surface area contributed by atoms with Crippen LogP contribution in [-0.4, -0.2) is 17.0 Å². The average Bonchev–Trinajstić information content (AvgIpc) is 2.51. The highest BCUT2D eigenvalue weighted by Crippen LogP contribution is 2.11. The second-order valence-corrected chi connectivity index (χ2v) is 5.36. The number of carbonyl (C=O) groups excluding carboxylic acids is 1. The maximum absolute atomic E-state index is 11.8. The van der Waals surface area contributed by atoms with Gasteiger partial charge < -0.3 is 0 Å². The zero-order valence-electron chi connectivity index (χ0n) is 13.6. The maximum atomic E-state index is 11.8. The van der Waals surface area contributed by atoms with E-state index in [0.29, 0.717) is 5.56 Å².